The highest BCUT2D eigenvalue weighted by atomic mass is 35.5. The van der Waals surface area contributed by atoms with E-state index in [4.69, 9.17) is 16.3 Å². The van der Waals surface area contributed by atoms with Crippen LogP contribution in [0.15, 0.2) is 35.2 Å². The molecule has 160 valence electrons. The fourth-order valence-electron chi connectivity index (χ4n) is 2.85. The fraction of sp³-hybridized carbons (Fsp3) is 0.263. The first-order valence-corrected chi connectivity index (χ1v) is 10.6. The molecule has 0 radical (unpaired) electrons. The van der Waals surface area contributed by atoms with E-state index in [9.17, 15) is 22.4 Å². The van der Waals surface area contributed by atoms with E-state index in [0.29, 0.717) is 11.3 Å². The van der Waals surface area contributed by atoms with Crippen molar-refractivity contribution in [3.05, 3.63) is 46.7 Å². The summed E-state index contributed by atoms with van der Waals surface area (Å²) < 4.78 is 45.6. The number of sulfonamides is 1. The Bertz CT molecular complexity index is 1140. The Morgan fingerprint density at radius 3 is 2.70 bits per heavy atom. The van der Waals surface area contributed by atoms with Crippen molar-refractivity contribution < 1.29 is 27.1 Å². The number of fused-ring (bicyclic) bond motifs is 1. The minimum atomic E-state index is -4.04. The number of rotatable bonds is 5. The molecule has 2 amide bonds. The molecule has 0 unspecified atom stereocenters. The molecule has 0 bridgehead atoms. The molecule has 1 heterocycles. The van der Waals surface area contributed by atoms with Crippen molar-refractivity contribution in [3.63, 3.8) is 0 Å². The van der Waals surface area contributed by atoms with Gasteiger partial charge in [-0.25, -0.2) is 12.8 Å². The van der Waals surface area contributed by atoms with Crippen molar-refractivity contribution in [2.45, 2.75) is 24.8 Å². The summed E-state index contributed by atoms with van der Waals surface area (Å²) in [6.07, 6.45) is -0.762. The molecular formula is C19H19ClFN3O5S. The molecule has 0 saturated heterocycles. The van der Waals surface area contributed by atoms with Gasteiger partial charge in [0.2, 0.25) is 15.9 Å². The number of benzene rings is 2. The van der Waals surface area contributed by atoms with Gasteiger partial charge in [0.15, 0.2) is 6.10 Å². The van der Waals surface area contributed by atoms with E-state index in [2.05, 4.69) is 10.6 Å². The van der Waals surface area contributed by atoms with E-state index >= 15 is 0 Å². The summed E-state index contributed by atoms with van der Waals surface area (Å²) in [5.74, 6) is -1.36. The van der Waals surface area contributed by atoms with Crippen LogP contribution in [-0.4, -0.2) is 44.2 Å². The van der Waals surface area contributed by atoms with Crippen molar-refractivity contribution in [2.75, 3.05) is 24.2 Å². The van der Waals surface area contributed by atoms with Crippen LogP contribution < -0.4 is 15.4 Å². The maximum atomic E-state index is 13.2. The van der Waals surface area contributed by atoms with Crippen LogP contribution in [0.5, 0.6) is 5.75 Å². The molecule has 0 aliphatic carbocycles. The number of ether oxygens (including phenoxy) is 1. The quantitative estimate of drug-likeness (QED) is 0.721. The van der Waals surface area contributed by atoms with E-state index in [1.54, 1.807) is 13.8 Å². The maximum absolute atomic E-state index is 13.2. The summed E-state index contributed by atoms with van der Waals surface area (Å²) in [6, 6.07) is 6.46. The smallest absolute Gasteiger partial charge is 0.265 e. The van der Waals surface area contributed by atoms with Gasteiger partial charge >= 0.3 is 0 Å². The number of aryl methyl sites for hydroxylation is 1. The Morgan fingerprint density at radius 1 is 1.33 bits per heavy atom. The van der Waals surface area contributed by atoms with Gasteiger partial charge in [-0.2, -0.15) is 4.31 Å². The summed E-state index contributed by atoms with van der Waals surface area (Å²) in [6.45, 7) is 2.64. The lowest BCUT2D eigenvalue weighted by molar-refractivity contribution is -0.122. The van der Waals surface area contributed by atoms with Crippen molar-refractivity contribution in [2.24, 2.45) is 0 Å². The second-order valence-electron chi connectivity index (χ2n) is 6.80. The van der Waals surface area contributed by atoms with Gasteiger partial charge in [-0.3, -0.25) is 9.59 Å². The number of hydrogen-bond acceptors (Lipinski definition) is 5. The highest BCUT2D eigenvalue weighted by Crippen LogP contribution is 2.35. The second kappa shape index (κ2) is 8.21. The first-order chi connectivity index (χ1) is 14.0. The van der Waals surface area contributed by atoms with Gasteiger partial charge in [0, 0.05) is 18.8 Å². The van der Waals surface area contributed by atoms with Gasteiger partial charge in [-0.15, -0.1) is 0 Å². The average Bonchev–Trinajstić information content (AvgIpc) is 2.65. The molecule has 1 atom stereocenters. The number of anilines is 2. The molecule has 8 nitrogen and oxygen atoms in total. The van der Waals surface area contributed by atoms with E-state index in [1.807, 2.05) is 0 Å². The number of carbonyl (C=O) groups is 2. The average molecular weight is 456 g/mol. The van der Waals surface area contributed by atoms with Gasteiger partial charge in [0.25, 0.3) is 5.91 Å². The van der Waals surface area contributed by atoms with Crippen LogP contribution in [-0.2, 0) is 19.6 Å². The summed E-state index contributed by atoms with van der Waals surface area (Å²) in [5.41, 5.74) is 0.994. The largest absolute Gasteiger partial charge is 0.479 e. The van der Waals surface area contributed by atoms with Crippen molar-refractivity contribution in [3.8, 4) is 5.75 Å². The molecule has 1 aliphatic heterocycles. The summed E-state index contributed by atoms with van der Waals surface area (Å²) in [7, 11) is -2.78. The fourth-order valence-corrected chi connectivity index (χ4v) is 4.38. The summed E-state index contributed by atoms with van der Waals surface area (Å²) in [4.78, 5) is 23.9. The first kappa shape index (κ1) is 22.0. The number of nitrogens with one attached hydrogen (secondary N) is 2. The zero-order valence-electron chi connectivity index (χ0n) is 16.3. The Kier molecular flexibility index (Phi) is 6.02. The standard InChI is InChI=1S/C19H19ClFN3O5S/c1-10-6-15-16(29-11(2)19(26)23-15)8-17(10)30(27,28)24(3)9-18(25)22-12-4-5-14(21)13(20)7-12/h4-8,11H,9H2,1-3H3,(H,22,25)(H,23,26)/t11-/m0/s1. The number of carbonyl (C=O) groups excluding carboxylic acids is 2. The molecule has 2 aromatic rings. The molecule has 1 aliphatic rings. The number of likely N-dealkylation sites (N-methyl/N-ethyl adjacent to an activating group) is 1. The first-order valence-electron chi connectivity index (χ1n) is 8.82. The third-order valence-corrected chi connectivity index (χ3v) is 6.70. The van der Waals surface area contributed by atoms with Crippen LogP contribution in [0.1, 0.15) is 12.5 Å². The molecule has 0 saturated carbocycles. The lowest BCUT2D eigenvalue weighted by Gasteiger charge is -2.25. The Hall–Kier alpha value is -2.69. The number of nitrogens with zero attached hydrogens (tertiary/aromatic N) is 1. The number of halogens is 2. The molecule has 2 aromatic carbocycles. The van der Waals surface area contributed by atoms with Crippen LogP contribution >= 0.6 is 11.6 Å². The minimum absolute atomic E-state index is 0.0512. The summed E-state index contributed by atoms with van der Waals surface area (Å²) >= 11 is 5.68. The van der Waals surface area contributed by atoms with E-state index in [1.165, 1.54) is 31.3 Å². The molecular weight excluding hydrogens is 437 g/mol. The van der Waals surface area contributed by atoms with E-state index < -0.39 is 34.4 Å². The predicted octanol–water partition coefficient (Wildman–Crippen LogP) is 2.77. The van der Waals surface area contributed by atoms with E-state index in [-0.39, 0.29) is 27.3 Å². The Balaban J connectivity index is 1.79. The third-order valence-electron chi connectivity index (χ3n) is 4.47. The van der Waals surface area contributed by atoms with Crippen molar-refractivity contribution in [1.82, 2.24) is 4.31 Å². The number of amides is 2. The van der Waals surface area contributed by atoms with Gasteiger partial charge in [-0.1, -0.05) is 11.6 Å². The van der Waals surface area contributed by atoms with Crippen LogP contribution in [0.3, 0.4) is 0 Å². The maximum Gasteiger partial charge on any atom is 0.265 e. The van der Waals surface area contributed by atoms with Gasteiger partial charge in [0.1, 0.15) is 11.6 Å². The van der Waals surface area contributed by atoms with Crippen LogP contribution in [0, 0.1) is 12.7 Å². The Labute approximate surface area is 178 Å². The van der Waals surface area contributed by atoms with Crippen molar-refractivity contribution in [1.29, 1.82) is 0 Å². The molecule has 0 fully saturated rings. The molecule has 3 rings (SSSR count). The van der Waals surface area contributed by atoms with Crippen LogP contribution in [0.25, 0.3) is 0 Å². The minimum Gasteiger partial charge on any atom is -0.479 e. The third kappa shape index (κ3) is 4.40. The SMILES string of the molecule is Cc1cc2c(cc1S(=O)(=O)N(C)CC(=O)Nc1ccc(F)c(Cl)c1)O[C@@H](C)C(=O)N2. The lowest BCUT2D eigenvalue weighted by atomic mass is 10.1. The number of hydrogen-bond donors (Lipinski definition) is 2. The normalized spacial score (nSPS) is 15.9. The molecule has 2 N–H and O–H groups in total. The van der Waals surface area contributed by atoms with Gasteiger partial charge < -0.3 is 15.4 Å². The highest BCUT2D eigenvalue weighted by molar-refractivity contribution is 7.89. The summed E-state index contributed by atoms with van der Waals surface area (Å²) in [5, 5.41) is 4.96. The van der Waals surface area contributed by atoms with Gasteiger partial charge in [0.05, 0.1) is 22.2 Å². The monoisotopic (exact) mass is 455 g/mol. The van der Waals surface area contributed by atoms with E-state index in [0.717, 1.165) is 10.4 Å². The van der Waals surface area contributed by atoms with Crippen LogP contribution in [0.4, 0.5) is 15.8 Å². The predicted molar refractivity (Wildman–Crippen MR) is 110 cm³/mol. The zero-order chi connectivity index (χ0) is 22.2. The molecule has 0 aromatic heterocycles. The molecule has 11 heteroatoms. The van der Waals surface area contributed by atoms with Gasteiger partial charge in [-0.05, 0) is 43.7 Å². The molecule has 30 heavy (non-hydrogen) atoms. The Morgan fingerprint density at radius 2 is 2.03 bits per heavy atom. The van der Waals surface area contributed by atoms with Crippen molar-refractivity contribution >= 4 is 44.8 Å². The highest BCUT2D eigenvalue weighted by Gasteiger charge is 2.30. The molecule has 0 spiro atoms. The zero-order valence-corrected chi connectivity index (χ0v) is 17.9. The second-order valence-corrected chi connectivity index (χ2v) is 9.22. The van der Waals surface area contributed by atoms with Crippen LogP contribution in [0.2, 0.25) is 5.02 Å². The topological polar surface area (TPSA) is 105 Å². The lowest BCUT2D eigenvalue weighted by Crippen LogP contribution is -2.36.